The number of benzene rings is 3. The van der Waals surface area contributed by atoms with Crippen LogP contribution < -0.4 is 14.7 Å². The highest BCUT2D eigenvalue weighted by Crippen LogP contribution is 2.54. The van der Waals surface area contributed by atoms with E-state index in [4.69, 9.17) is 0 Å². The van der Waals surface area contributed by atoms with Crippen molar-refractivity contribution in [3.63, 3.8) is 0 Å². The number of anilines is 2. The van der Waals surface area contributed by atoms with Crippen molar-refractivity contribution in [1.82, 2.24) is 0 Å². The molecule has 3 saturated heterocycles. The zero-order valence-electron chi connectivity index (χ0n) is 19.0. The quantitative estimate of drug-likeness (QED) is 0.607. The van der Waals surface area contributed by atoms with E-state index in [9.17, 15) is 14.4 Å². The van der Waals surface area contributed by atoms with Crippen LogP contribution in [0.5, 0.6) is 0 Å². The van der Waals surface area contributed by atoms with Gasteiger partial charge >= 0.3 is 0 Å². The maximum absolute atomic E-state index is 14.3. The third-order valence-electron chi connectivity index (χ3n) is 8.69. The summed E-state index contributed by atoms with van der Waals surface area (Å²) in [4.78, 5) is 46.9. The highest BCUT2D eigenvalue weighted by atomic mass is 16.2. The minimum atomic E-state index is -1.02. The third kappa shape index (κ3) is 2.13. The topological polar surface area (TPSA) is 62.1 Å². The Morgan fingerprint density at radius 3 is 2.50 bits per heavy atom. The molecule has 3 aromatic carbocycles. The Balaban J connectivity index is 1.46. The van der Waals surface area contributed by atoms with E-state index in [2.05, 4.69) is 0 Å². The molecule has 0 aromatic heterocycles. The summed E-state index contributed by atoms with van der Waals surface area (Å²) in [7, 11) is 0. The van der Waals surface area contributed by atoms with E-state index in [0.29, 0.717) is 12.2 Å². The Bertz CT molecular complexity index is 1400. The third-order valence-corrected chi connectivity index (χ3v) is 8.69. The van der Waals surface area contributed by atoms with Crippen LogP contribution in [0, 0.1) is 11.8 Å². The highest BCUT2D eigenvalue weighted by Gasteiger charge is 2.79. The van der Waals surface area contributed by atoms with Gasteiger partial charge in [-0.05, 0) is 24.4 Å². The molecule has 1 N–H and O–H groups in total. The van der Waals surface area contributed by atoms with Gasteiger partial charge in [-0.25, -0.2) is 4.90 Å². The Kier molecular flexibility index (Phi) is 3.96. The van der Waals surface area contributed by atoms with Crippen molar-refractivity contribution in [2.75, 3.05) is 22.9 Å². The molecule has 6 nitrogen and oxygen atoms in total. The van der Waals surface area contributed by atoms with E-state index in [1.807, 2.05) is 78.6 Å². The molecule has 4 aliphatic rings. The number of carbonyl (C=O) groups excluding carboxylic acids is 3. The van der Waals surface area contributed by atoms with Crippen LogP contribution in [-0.4, -0.2) is 36.9 Å². The van der Waals surface area contributed by atoms with Crippen molar-refractivity contribution < 1.29 is 19.3 Å². The molecule has 1 spiro atoms. The summed E-state index contributed by atoms with van der Waals surface area (Å²) >= 11 is 0. The number of imide groups is 1. The number of nitrogens with zero attached hydrogens (tertiary/aromatic N) is 2. The molecule has 3 aromatic rings. The minimum absolute atomic E-state index is 0.0183. The smallest absolute Gasteiger partial charge is 0.294 e. The number of carbonyl (C=O) groups is 3. The zero-order chi connectivity index (χ0) is 23.2. The first kappa shape index (κ1) is 19.9. The zero-order valence-corrected chi connectivity index (χ0v) is 19.0. The average Bonchev–Trinajstić information content (AvgIpc) is 3.56. The molecule has 7 rings (SSSR count). The van der Waals surface area contributed by atoms with Gasteiger partial charge < -0.3 is 9.80 Å². The molecule has 0 aliphatic carbocycles. The molecule has 0 radical (unpaired) electrons. The Morgan fingerprint density at radius 1 is 0.912 bits per heavy atom. The van der Waals surface area contributed by atoms with Crippen molar-refractivity contribution in [2.24, 2.45) is 11.8 Å². The molecule has 5 atom stereocenters. The first-order valence-corrected chi connectivity index (χ1v) is 12.2. The van der Waals surface area contributed by atoms with Crippen LogP contribution in [0.15, 0.2) is 66.7 Å². The Hall–Kier alpha value is -3.51. The number of rotatable bonds is 2. The van der Waals surface area contributed by atoms with Gasteiger partial charge in [0.25, 0.3) is 5.91 Å². The Labute approximate surface area is 197 Å². The predicted molar refractivity (Wildman–Crippen MR) is 128 cm³/mol. The lowest BCUT2D eigenvalue weighted by Crippen LogP contribution is -3.20. The normalized spacial score (nSPS) is 31.6. The lowest BCUT2D eigenvalue weighted by molar-refractivity contribution is -0.948. The van der Waals surface area contributed by atoms with Gasteiger partial charge in [0, 0.05) is 30.3 Å². The SMILES string of the molecule is CCN1C(=O)[C@@]2(c3ccccc31)[C@@H]1C(=O)N(c3cccc4ccccc34)C(=O)[C@@H]1[C@@H]1CCC[NH+]12. The van der Waals surface area contributed by atoms with Crippen molar-refractivity contribution in [3.05, 3.63) is 72.3 Å². The van der Waals surface area contributed by atoms with Crippen molar-refractivity contribution in [3.8, 4) is 0 Å². The lowest BCUT2D eigenvalue weighted by atomic mass is 9.75. The number of fused-ring (bicyclic) bond motifs is 8. The first-order chi connectivity index (χ1) is 16.6. The van der Waals surface area contributed by atoms with Gasteiger partial charge in [0.15, 0.2) is 0 Å². The van der Waals surface area contributed by atoms with E-state index >= 15 is 0 Å². The number of amides is 3. The molecule has 3 amide bonds. The molecule has 4 aliphatic heterocycles. The summed E-state index contributed by atoms with van der Waals surface area (Å²) in [5, 5.41) is 1.87. The van der Waals surface area contributed by atoms with E-state index in [1.54, 1.807) is 0 Å². The fraction of sp³-hybridized carbons (Fsp3) is 0.321. The second-order valence-electron chi connectivity index (χ2n) is 9.91. The van der Waals surface area contributed by atoms with E-state index in [1.165, 1.54) is 4.90 Å². The standard InChI is InChI=1S/C28H25N3O3/c1-2-29-21-13-6-5-12-19(21)28(27(29)34)24-23(22-15-8-16-30(22)28)25(32)31(26(24)33)20-14-7-10-17-9-3-4-11-18(17)20/h3-7,9-14,22-24H,2,8,15-16H2,1H3/p+1/t22-,23+,24-,28+/m0/s1. The van der Waals surface area contributed by atoms with Crippen LogP contribution in [0.4, 0.5) is 11.4 Å². The molecular formula is C28H26N3O3+. The minimum Gasteiger partial charge on any atom is -0.315 e. The summed E-state index contributed by atoms with van der Waals surface area (Å²) in [6.45, 7) is 3.33. The van der Waals surface area contributed by atoms with E-state index in [0.717, 1.165) is 46.3 Å². The van der Waals surface area contributed by atoms with Crippen LogP contribution in [0.25, 0.3) is 10.8 Å². The molecule has 170 valence electrons. The summed E-state index contributed by atoms with van der Waals surface area (Å²) in [6.07, 6.45) is 1.82. The van der Waals surface area contributed by atoms with Crippen molar-refractivity contribution in [1.29, 1.82) is 0 Å². The van der Waals surface area contributed by atoms with Gasteiger partial charge in [-0.15, -0.1) is 0 Å². The fourth-order valence-electron chi connectivity index (χ4n) is 7.56. The van der Waals surface area contributed by atoms with Crippen molar-refractivity contribution in [2.45, 2.75) is 31.3 Å². The monoisotopic (exact) mass is 452 g/mol. The number of para-hydroxylation sites is 1. The average molecular weight is 453 g/mol. The second kappa shape index (κ2) is 6.76. The molecule has 3 fully saturated rings. The number of quaternary nitrogens is 1. The van der Waals surface area contributed by atoms with Crippen LogP contribution in [0.2, 0.25) is 0 Å². The highest BCUT2D eigenvalue weighted by molar-refractivity contribution is 6.27. The fourth-order valence-corrected chi connectivity index (χ4v) is 7.56. The second-order valence-corrected chi connectivity index (χ2v) is 9.91. The van der Waals surface area contributed by atoms with Gasteiger partial charge in [0.05, 0.1) is 17.9 Å². The molecule has 0 saturated carbocycles. The number of hydrogen-bond donors (Lipinski definition) is 1. The van der Waals surface area contributed by atoms with Gasteiger partial charge in [0.1, 0.15) is 17.9 Å². The van der Waals surface area contributed by atoms with Crippen molar-refractivity contribution >= 4 is 39.9 Å². The first-order valence-electron chi connectivity index (χ1n) is 12.2. The summed E-state index contributed by atoms with van der Waals surface area (Å²) in [5.74, 6) is -1.55. The molecule has 1 unspecified atom stereocenters. The Morgan fingerprint density at radius 2 is 1.65 bits per heavy atom. The molecule has 0 bridgehead atoms. The summed E-state index contributed by atoms with van der Waals surface area (Å²) in [5.41, 5.74) is 1.41. The maximum Gasteiger partial charge on any atom is 0.294 e. The summed E-state index contributed by atoms with van der Waals surface area (Å²) < 4.78 is 0. The van der Waals surface area contributed by atoms with Crippen LogP contribution >= 0.6 is 0 Å². The van der Waals surface area contributed by atoms with E-state index in [-0.39, 0.29) is 23.8 Å². The maximum atomic E-state index is 14.3. The van der Waals surface area contributed by atoms with Gasteiger partial charge in [-0.2, -0.15) is 0 Å². The molecule has 4 heterocycles. The number of hydrogen-bond acceptors (Lipinski definition) is 3. The largest absolute Gasteiger partial charge is 0.315 e. The molecule has 34 heavy (non-hydrogen) atoms. The lowest BCUT2D eigenvalue weighted by Gasteiger charge is -2.34. The van der Waals surface area contributed by atoms with Crippen LogP contribution in [0.1, 0.15) is 25.3 Å². The summed E-state index contributed by atoms with van der Waals surface area (Å²) in [6, 6.07) is 21.4. The number of nitrogens with one attached hydrogen (secondary N) is 1. The van der Waals surface area contributed by atoms with E-state index < -0.39 is 17.4 Å². The van der Waals surface area contributed by atoms with Gasteiger partial charge in [0.2, 0.25) is 17.4 Å². The van der Waals surface area contributed by atoms with Crippen LogP contribution in [0.3, 0.4) is 0 Å². The molecular weight excluding hydrogens is 426 g/mol. The molecule has 6 heteroatoms. The van der Waals surface area contributed by atoms with Crippen LogP contribution in [-0.2, 0) is 19.9 Å². The van der Waals surface area contributed by atoms with Gasteiger partial charge in [-0.1, -0.05) is 54.6 Å². The van der Waals surface area contributed by atoms with Gasteiger partial charge in [-0.3, -0.25) is 14.4 Å². The predicted octanol–water partition coefficient (Wildman–Crippen LogP) is 2.27. The number of likely N-dealkylation sites (N-methyl/N-ethyl adjacent to an activating group) is 1.